The van der Waals surface area contributed by atoms with Crippen molar-refractivity contribution < 1.29 is 22.7 Å². The fraction of sp³-hybridized carbons (Fsp3) is 0.462. The lowest BCUT2D eigenvalue weighted by Gasteiger charge is -2.23. The van der Waals surface area contributed by atoms with Crippen molar-refractivity contribution in [2.45, 2.75) is 23.8 Å². The van der Waals surface area contributed by atoms with E-state index in [1.54, 1.807) is 12.1 Å². The van der Waals surface area contributed by atoms with Gasteiger partial charge in [0.2, 0.25) is 10.0 Å². The third-order valence-corrected chi connectivity index (χ3v) is 5.81. The molecule has 21 heavy (non-hydrogen) atoms. The van der Waals surface area contributed by atoms with Crippen LogP contribution in [-0.4, -0.2) is 45.5 Å². The van der Waals surface area contributed by atoms with Gasteiger partial charge in [0.1, 0.15) is 16.7 Å². The summed E-state index contributed by atoms with van der Waals surface area (Å²) in [7, 11) is -1.17. The molecule has 0 spiro atoms. The van der Waals surface area contributed by atoms with Crippen molar-refractivity contribution in [3.05, 3.63) is 22.7 Å². The van der Waals surface area contributed by atoms with Gasteiger partial charge in [0.15, 0.2) is 0 Å². The second-order valence-corrected chi connectivity index (χ2v) is 7.37. The number of ether oxygens (including phenoxy) is 2. The molecule has 1 aromatic carbocycles. The molecule has 1 atom stereocenters. The summed E-state index contributed by atoms with van der Waals surface area (Å²) in [6, 6.07) is 3.96. The van der Waals surface area contributed by atoms with Crippen molar-refractivity contribution in [1.82, 2.24) is 4.31 Å². The number of esters is 1. The number of carbonyl (C=O) groups excluding carboxylic acids is 1. The Bertz CT molecular complexity index is 646. The first kappa shape index (κ1) is 16.3. The molecule has 0 saturated carbocycles. The largest absolute Gasteiger partial charge is 0.495 e. The Labute approximate surface area is 132 Å². The van der Waals surface area contributed by atoms with Gasteiger partial charge in [-0.2, -0.15) is 4.31 Å². The summed E-state index contributed by atoms with van der Waals surface area (Å²) in [6.07, 6.45) is 1.08. The highest BCUT2D eigenvalue weighted by Gasteiger charge is 2.41. The van der Waals surface area contributed by atoms with E-state index in [0.29, 0.717) is 17.3 Å². The van der Waals surface area contributed by atoms with Gasteiger partial charge in [-0.15, -0.1) is 0 Å². The lowest BCUT2D eigenvalue weighted by molar-refractivity contribution is -0.144. The molecule has 0 aromatic heterocycles. The van der Waals surface area contributed by atoms with Crippen LogP contribution in [0.15, 0.2) is 27.6 Å². The quantitative estimate of drug-likeness (QED) is 0.747. The molecule has 1 heterocycles. The van der Waals surface area contributed by atoms with Gasteiger partial charge in [-0.25, -0.2) is 8.42 Å². The summed E-state index contributed by atoms with van der Waals surface area (Å²) in [6.45, 7) is 0.289. The maximum atomic E-state index is 12.8. The standard InChI is InChI=1S/C13H16BrNO5S/c1-19-11-6-5-9(14)8-12(11)21(17,18)15-7-3-4-10(15)13(16)20-2/h5-6,8,10H,3-4,7H2,1-2H3. The molecule has 1 aliphatic rings. The second-order valence-electron chi connectivity index (χ2n) is 4.59. The highest BCUT2D eigenvalue weighted by molar-refractivity contribution is 9.10. The predicted octanol–water partition coefficient (Wildman–Crippen LogP) is 1.78. The molecule has 0 bridgehead atoms. The van der Waals surface area contributed by atoms with Crippen LogP contribution < -0.4 is 4.74 Å². The summed E-state index contributed by atoms with van der Waals surface area (Å²) in [5.41, 5.74) is 0. The highest BCUT2D eigenvalue weighted by Crippen LogP contribution is 2.33. The van der Waals surface area contributed by atoms with E-state index in [-0.39, 0.29) is 17.2 Å². The lowest BCUT2D eigenvalue weighted by atomic mass is 10.2. The van der Waals surface area contributed by atoms with Crippen LogP contribution in [-0.2, 0) is 19.6 Å². The number of benzene rings is 1. The van der Waals surface area contributed by atoms with E-state index < -0.39 is 22.0 Å². The molecule has 0 radical (unpaired) electrons. The van der Waals surface area contributed by atoms with Gasteiger partial charge < -0.3 is 9.47 Å². The van der Waals surface area contributed by atoms with Crippen LogP contribution in [0.1, 0.15) is 12.8 Å². The number of hydrogen-bond acceptors (Lipinski definition) is 5. The van der Waals surface area contributed by atoms with E-state index in [1.165, 1.54) is 24.6 Å². The monoisotopic (exact) mass is 377 g/mol. The number of sulfonamides is 1. The van der Waals surface area contributed by atoms with Crippen LogP contribution in [0.25, 0.3) is 0 Å². The van der Waals surface area contributed by atoms with Gasteiger partial charge in [0.25, 0.3) is 0 Å². The molecule has 0 aliphatic carbocycles. The maximum absolute atomic E-state index is 12.8. The minimum Gasteiger partial charge on any atom is -0.495 e. The fourth-order valence-corrected chi connectivity index (χ4v) is 4.72. The van der Waals surface area contributed by atoms with Crippen molar-refractivity contribution in [3.8, 4) is 5.75 Å². The van der Waals surface area contributed by atoms with Gasteiger partial charge in [-0.3, -0.25) is 4.79 Å². The first-order chi connectivity index (χ1) is 9.91. The molecule has 0 N–H and O–H groups in total. The van der Waals surface area contributed by atoms with Gasteiger partial charge in [-0.05, 0) is 31.0 Å². The number of hydrogen-bond donors (Lipinski definition) is 0. The molecule has 1 saturated heterocycles. The normalized spacial score (nSPS) is 19.5. The minimum atomic E-state index is -3.83. The highest BCUT2D eigenvalue weighted by atomic mass is 79.9. The topological polar surface area (TPSA) is 72.9 Å². The van der Waals surface area contributed by atoms with Crippen molar-refractivity contribution >= 4 is 31.9 Å². The summed E-state index contributed by atoms with van der Waals surface area (Å²) in [5.74, 6) is -0.293. The van der Waals surface area contributed by atoms with Gasteiger partial charge >= 0.3 is 5.97 Å². The van der Waals surface area contributed by atoms with Crippen LogP contribution >= 0.6 is 15.9 Å². The molecule has 1 aromatic rings. The molecule has 1 unspecified atom stereocenters. The number of nitrogens with zero attached hydrogens (tertiary/aromatic N) is 1. The average molecular weight is 378 g/mol. The van der Waals surface area contributed by atoms with Crippen LogP contribution in [0, 0.1) is 0 Å². The summed E-state index contributed by atoms with van der Waals surface area (Å²) in [5, 5.41) is 0. The van der Waals surface area contributed by atoms with Gasteiger partial charge in [-0.1, -0.05) is 15.9 Å². The molecule has 2 rings (SSSR count). The molecule has 6 nitrogen and oxygen atoms in total. The summed E-state index contributed by atoms with van der Waals surface area (Å²) >= 11 is 3.25. The molecule has 116 valence electrons. The van der Waals surface area contributed by atoms with Crippen molar-refractivity contribution in [2.24, 2.45) is 0 Å². The van der Waals surface area contributed by atoms with Crippen molar-refractivity contribution in [3.63, 3.8) is 0 Å². The van der Waals surface area contributed by atoms with E-state index in [1.807, 2.05) is 0 Å². The lowest BCUT2D eigenvalue weighted by Crippen LogP contribution is -2.41. The number of halogens is 1. The summed E-state index contributed by atoms with van der Waals surface area (Å²) in [4.78, 5) is 11.8. The number of methoxy groups -OCH3 is 2. The van der Waals surface area contributed by atoms with E-state index >= 15 is 0 Å². The maximum Gasteiger partial charge on any atom is 0.324 e. The SMILES string of the molecule is COC(=O)C1CCCN1S(=O)(=O)c1cc(Br)ccc1OC. The molecular formula is C13H16BrNO5S. The molecule has 8 heteroatoms. The van der Waals surface area contributed by atoms with Crippen LogP contribution in [0.4, 0.5) is 0 Å². The predicted molar refractivity (Wildman–Crippen MR) is 79.6 cm³/mol. The smallest absolute Gasteiger partial charge is 0.324 e. The zero-order valence-electron chi connectivity index (χ0n) is 11.7. The average Bonchev–Trinajstić information content (AvgIpc) is 2.96. The molecule has 0 amide bonds. The Morgan fingerprint density at radius 3 is 2.71 bits per heavy atom. The van der Waals surface area contributed by atoms with E-state index in [4.69, 9.17) is 9.47 Å². The van der Waals surface area contributed by atoms with E-state index in [9.17, 15) is 13.2 Å². The molecular weight excluding hydrogens is 362 g/mol. The Morgan fingerprint density at radius 2 is 2.10 bits per heavy atom. The zero-order chi connectivity index (χ0) is 15.6. The third-order valence-electron chi connectivity index (χ3n) is 3.39. The third kappa shape index (κ3) is 3.07. The summed E-state index contributed by atoms with van der Waals surface area (Å²) < 4.78 is 37.2. The van der Waals surface area contributed by atoms with Crippen molar-refractivity contribution in [2.75, 3.05) is 20.8 Å². The van der Waals surface area contributed by atoms with Crippen LogP contribution in [0.2, 0.25) is 0 Å². The first-order valence-electron chi connectivity index (χ1n) is 6.35. The minimum absolute atomic E-state index is 0.0372. The Hall–Kier alpha value is -1.12. The number of carbonyl (C=O) groups is 1. The van der Waals surface area contributed by atoms with E-state index in [2.05, 4.69) is 15.9 Å². The fourth-order valence-electron chi connectivity index (χ4n) is 2.38. The first-order valence-corrected chi connectivity index (χ1v) is 8.58. The van der Waals surface area contributed by atoms with Gasteiger partial charge in [0, 0.05) is 11.0 Å². The number of rotatable bonds is 4. The van der Waals surface area contributed by atoms with Crippen molar-refractivity contribution in [1.29, 1.82) is 0 Å². The zero-order valence-corrected chi connectivity index (χ0v) is 14.1. The molecule has 1 aliphatic heterocycles. The second kappa shape index (κ2) is 6.33. The van der Waals surface area contributed by atoms with Crippen LogP contribution in [0.5, 0.6) is 5.75 Å². The van der Waals surface area contributed by atoms with E-state index in [0.717, 1.165) is 0 Å². The Balaban J connectivity index is 2.47. The Kier molecular flexibility index (Phi) is 4.90. The van der Waals surface area contributed by atoms with Crippen LogP contribution in [0.3, 0.4) is 0 Å². The Morgan fingerprint density at radius 1 is 1.38 bits per heavy atom. The van der Waals surface area contributed by atoms with Gasteiger partial charge in [0.05, 0.1) is 14.2 Å². The molecule has 1 fully saturated rings.